The zero-order valence-electron chi connectivity index (χ0n) is 84.3. The topological polar surface area (TPSA) is 247 Å². The number of benzene rings is 10. The Morgan fingerprint density at radius 1 is 0.299 bits per heavy atom. The van der Waals surface area contributed by atoms with Crippen LogP contribution in [0.15, 0.2) is 157 Å². The Balaban J connectivity index is 0.000000137. The number of hydrogen-bond acceptors (Lipinski definition) is 16. The van der Waals surface area contributed by atoms with Crippen LogP contribution in [0, 0.1) is 34.6 Å². The molecule has 2 aliphatic carbocycles. The molecular weight excluding hydrogens is 1670 g/mol. The van der Waals surface area contributed by atoms with E-state index in [4.69, 9.17) is 33.2 Å². The maximum atomic E-state index is 10.8. The maximum absolute atomic E-state index is 10.8. The third-order valence-corrected chi connectivity index (χ3v) is 28.0. The lowest BCUT2D eigenvalue weighted by molar-refractivity contribution is -0.0478. The largest absolute Gasteiger partial charge is 0.507 e. The highest BCUT2D eigenvalue weighted by atomic mass is 16.5. The number of aromatic hydroxyl groups is 5. The monoisotopic (exact) mass is 1820 g/mol. The van der Waals surface area contributed by atoms with Crippen LogP contribution in [0.25, 0.3) is 55.7 Å². The molecule has 10 aromatic rings. The first-order valence-corrected chi connectivity index (χ1v) is 48.9. The fraction of sp³-hybridized carbons (Fsp3) is 0.458. The summed E-state index contributed by atoms with van der Waals surface area (Å²) in [5, 5.41) is 95.2. The lowest BCUT2D eigenvalue weighted by Crippen LogP contribution is -2.48. The van der Waals surface area contributed by atoms with Gasteiger partial charge in [-0.25, -0.2) is 0 Å². The number of aliphatic hydroxyl groups is 4. The summed E-state index contributed by atoms with van der Waals surface area (Å²) in [6.07, 6.45) is 16.4. The van der Waals surface area contributed by atoms with Crippen LogP contribution in [0.3, 0.4) is 0 Å². The molecule has 6 aliphatic heterocycles. The molecule has 716 valence electrons. The first-order chi connectivity index (χ1) is 63.0. The highest BCUT2D eigenvalue weighted by Gasteiger charge is 2.50. The Morgan fingerprint density at radius 3 is 0.903 bits per heavy atom. The van der Waals surface area contributed by atoms with Gasteiger partial charge in [-0.1, -0.05) is 175 Å². The molecule has 0 radical (unpaired) electrons. The smallest absolute Gasteiger partial charge is 0.132 e. The Labute approximate surface area is 797 Å². The molecule has 10 aromatic carbocycles. The Hall–Kier alpha value is -10.9. The summed E-state index contributed by atoms with van der Waals surface area (Å²) in [5.41, 5.74) is 23.3. The van der Waals surface area contributed by atoms with Gasteiger partial charge < -0.3 is 79.1 Å². The van der Waals surface area contributed by atoms with Gasteiger partial charge in [0.25, 0.3) is 0 Å². The minimum absolute atomic E-state index is 0.128. The van der Waals surface area contributed by atoms with Gasteiger partial charge in [0, 0.05) is 33.4 Å². The van der Waals surface area contributed by atoms with Crippen molar-refractivity contribution in [2.24, 2.45) is 0 Å². The molecule has 0 saturated carbocycles. The van der Waals surface area contributed by atoms with Crippen LogP contribution in [-0.2, 0) is 54.5 Å². The molecule has 4 atom stereocenters. The highest BCUT2D eigenvalue weighted by molar-refractivity contribution is 5.89. The zero-order valence-corrected chi connectivity index (χ0v) is 84.3. The highest BCUT2D eigenvalue weighted by Crippen LogP contribution is 2.59. The molecule has 0 amide bonds. The molecule has 0 fully saturated rings. The van der Waals surface area contributed by atoms with Crippen molar-refractivity contribution in [1.29, 1.82) is 0 Å². The van der Waals surface area contributed by atoms with Gasteiger partial charge in [-0.15, -0.1) is 0 Å². The Morgan fingerprint density at radius 2 is 0.575 bits per heavy atom. The number of methoxy groups -OCH3 is 1. The second-order valence-electron chi connectivity index (χ2n) is 41.9. The van der Waals surface area contributed by atoms with Gasteiger partial charge in [-0.2, -0.15) is 0 Å². The quantitative estimate of drug-likeness (QED) is 0.0408. The van der Waals surface area contributed by atoms with Crippen molar-refractivity contribution in [3.05, 3.63) is 246 Å². The van der Waals surface area contributed by atoms with Crippen molar-refractivity contribution in [2.75, 3.05) is 7.11 Å². The van der Waals surface area contributed by atoms with E-state index in [0.717, 1.165) is 200 Å². The average molecular weight is 1820 g/mol. The van der Waals surface area contributed by atoms with Crippen molar-refractivity contribution in [3.63, 3.8) is 0 Å². The fourth-order valence-electron chi connectivity index (χ4n) is 20.7. The van der Waals surface area contributed by atoms with Crippen LogP contribution < -0.4 is 33.2 Å². The zero-order chi connectivity index (χ0) is 97.6. The molecule has 0 aromatic heterocycles. The molecule has 134 heavy (non-hydrogen) atoms. The molecule has 9 N–H and O–H groups in total. The summed E-state index contributed by atoms with van der Waals surface area (Å²) in [5.74, 6) is 6.58. The second kappa shape index (κ2) is 39.4. The van der Waals surface area contributed by atoms with Crippen molar-refractivity contribution in [2.45, 2.75) is 345 Å². The number of rotatable bonds is 16. The van der Waals surface area contributed by atoms with Gasteiger partial charge >= 0.3 is 0 Å². The van der Waals surface area contributed by atoms with Crippen molar-refractivity contribution in [3.8, 4) is 114 Å². The van der Waals surface area contributed by atoms with Gasteiger partial charge in [0.2, 0.25) is 0 Å². The SMILES string of the molecule is CCCCCc1cc(O)c2c(c1)OC(C)(C)C1=C2[C@@H](O)[C@](C)(O)CC1.CCCCCc1cc(O)c2c(c1)OC(C)(C)C1=C2[C@H](O)[C@@](C)(O)CC1.CCCCCc1cc(OC)c2c(c1)OC(C)(C)c1ccc(C)cc1-2.CCCc1cc(O)c2c(c1)OC(C)(C)c1ccc(C)cc1-2.CCc1cc(O)c2c(c1)OC(C)(C)c1ccc(C)cc1-2.Cc1cc(O)c2c(c1)OC(C)(C)c1ccc(C)cc1-2. The number of phenols is 5. The van der Waals surface area contributed by atoms with Gasteiger partial charge in [0.1, 0.15) is 115 Å². The van der Waals surface area contributed by atoms with E-state index in [0.29, 0.717) is 71.0 Å². The fourth-order valence-corrected chi connectivity index (χ4v) is 20.7. The maximum Gasteiger partial charge on any atom is 0.132 e. The van der Waals surface area contributed by atoms with Crippen LogP contribution in [0.4, 0.5) is 0 Å². The molecule has 16 nitrogen and oxygen atoms in total. The van der Waals surface area contributed by atoms with Gasteiger partial charge in [-0.3, -0.25) is 0 Å². The van der Waals surface area contributed by atoms with Crippen molar-refractivity contribution < 1.29 is 79.1 Å². The third kappa shape index (κ3) is 20.9. The average Bonchev–Trinajstić information content (AvgIpc) is 0.771. The summed E-state index contributed by atoms with van der Waals surface area (Å²) in [4.78, 5) is 0. The summed E-state index contributed by atoms with van der Waals surface area (Å²) in [6.45, 7) is 49.0. The molecule has 0 bridgehead atoms. The van der Waals surface area contributed by atoms with Crippen LogP contribution >= 0.6 is 0 Å². The molecule has 6 heterocycles. The molecular formula is C118H148O16. The van der Waals surface area contributed by atoms with Crippen LogP contribution in [-0.4, -0.2) is 87.7 Å². The number of phenolic OH excluding ortho intramolecular Hbond substituents is 5. The minimum atomic E-state index is -1.20. The number of fused-ring (bicyclic) bond motifs is 16. The Bertz CT molecular complexity index is 5980. The van der Waals surface area contributed by atoms with E-state index in [9.17, 15) is 46.0 Å². The third-order valence-electron chi connectivity index (χ3n) is 28.0. The Kier molecular flexibility index (Phi) is 29.6. The van der Waals surface area contributed by atoms with E-state index in [1.807, 2.05) is 71.0 Å². The summed E-state index contributed by atoms with van der Waals surface area (Å²) in [7, 11) is 1.75. The van der Waals surface area contributed by atoms with E-state index in [1.165, 1.54) is 58.2 Å². The number of ether oxygens (including phenoxy) is 7. The van der Waals surface area contributed by atoms with Gasteiger partial charge in [-0.05, 0) is 348 Å². The number of hydrogen-bond donors (Lipinski definition) is 9. The first-order valence-electron chi connectivity index (χ1n) is 48.9. The molecule has 18 rings (SSSR count). The van der Waals surface area contributed by atoms with Gasteiger partial charge in [0.15, 0.2) is 0 Å². The van der Waals surface area contributed by atoms with Crippen molar-refractivity contribution in [1.82, 2.24) is 0 Å². The van der Waals surface area contributed by atoms with E-state index in [-0.39, 0.29) is 39.7 Å². The predicted octanol–water partition coefficient (Wildman–Crippen LogP) is 27.7. The molecule has 8 aliphatic rings. The standard InChI is InChI=1S/C22H28O2.2C21H30O4.C19H22O2.C18H20O2.C17H18O2/c1-6-7-8-9-16-13-19(23-5)21-17-12-15(2)10-11-18(17)22(3,4)24-20(21)14-16;2*1-5-6-7-8-13-11-15(22)18-16(12-13)25-20(2,3)14-9-10-21(4,24)19(23)17(14)18;1-5-6-13-10-16(20)18-14-9-12(2)7-8-15(14)19(3,4)21-17(18)11-13;1-5-12-9-15(19)17-13-8-11(2)6-7-14(13)18(3,4)20-16(17)10-12;1-10-5-6-13-12(7-10)16-14(18)8-11(2)9-15(16)19-17(13,3)4/h10-14H,6-9H2,1-5H3;2*11-12,19,22-24H,5-10H2,1-4H3;7-11,20H,5-6H2,1-4H3;6-10,19H,5H2,1-4H3;5-9,18H,1-4H3/t;2*19-,21-;;;/m.10.../s1. The van der Waals surface area contributed by atoms with Crippen LogP contribution in [0.2, 0.25) is 0 Å². The normalized spacial score (nSPS) is 19.7. The summed E-state index contributed by atoms with van der Waals surface area (Å²) < 4.78 is 43.0. The lowest BCUT2D eigenvalue weighted by atomic mass is 9.70. The van der Waals surface area contributed by atoms with E-state index in [2.05, 4.69) is 209 Å². The van der Waals surface area contributed by atoms with Crippen LogP contribution in [0.1, 0.15) is 310 Å². The molecule has 0 saturated heterocycles. The van der Waals surface area contributed by atoms with E-state index in [1.54, 1.807) is 39.2 Å². The number of aliphatic hydroxyl groups excluding tert-OH is 2. The van der Waals surface area contributed by atoms with Crippen LogP contribution in [0.5, 0.6) is 69.0 Å². The van der Waals surface area contributed by atoms with E-state index >= 15 is 0 Å². The number of unbranched alkanes of at least 4 members (excludes halogenated alkanes) is 6. The van der Waals surface area contributed by atoms with E-state index < -0.39 is 34.6 Å². The number of aryl methyl sites for hydroxylation is 10. The van der Waals surface area contributed by atoms with Crippen molar-refractivity contribution >= 4 is 11.1 Å². The molecule has 0 unspecified atom stereocenters. The minimum Gasteiger partial charge on any atom is -0.507 e. The summed E-state index contributed by atoms with van der Waals surface area (Å²) in [6, 6.07) is 49.0. The first kappa shape index (κ1) is 101. The molecule has 16 heteroatoms. The lowest BCUT2D eigenvalue weighted by Gasteiger charge is -2.45. The predicted molar refractivity (Wildman–Crippen MR) is 542 cm³/mol. The molecule has 0 spiro atoms. The second-order valence-corrected chi connectivity index (χ2v) is 41.9. The summed E-state index contributed by atoms with van der Waals surface area (Å²) >= 11 is 0. The van der Waals surface area contributed by atoms with Gasteiger partial charge in [0.05, 0.1) is 51.7 Å².